The summed E-state index contributed by atoms with van der Waals surface area (Å²) in [5.74, 6) is 1.08. The summed E-state index contributed by atoms with van der Waals surface area (Å²) in [7, 11) is 4.39. The van der Waals surface area contributed by atoms with Gasteiger partial charge in [0.25, 0.3) is 5.56 Å². The SMILES string of the molecule is COc1cc(Cn2cnc3c(-c4cn(C)nc4C(F)(F)F)cc(CO)cc3c2=O)cc(OC)c1. The molecule has 0 saturated carbocycles. The van der Waals surface area contributed by atoms with E-state index in [1.807, 2.05) is 0 Å². The van der Waals surface area contributed by atoms with Crippen molar-refractivity contribution >= 4 is 10.9 Å². The number of aromatic nitrogens is 4. The molecule has 0 saturated heterocycles. The number of methoxy groups -OCH3 is 2. The van der Waals surface area contributed by atoms with Crippen LogP contribution < -0.4 is 15.0 Å². The molecule has 2 aromatic heterocycles. The largest absolute Gasteiger partial charge is 0.497 e. The van der Waals surface area contributed by atoms with E-state index in [0.717, 1.165) is 4.68 Å². The summed E-state index contributed by atoms with van der Waals surface area (Å²) in [5, 5.41) is 13.3. The van der Waals surface area contributed by atoms with E-state index < -0.39 is 24.0 Å². The second kappa shape index (κ2) is 8.82. The van der Waals surface area contributed by atoms with Crippen LogP contribution in [0.4, 0.5) is 13.2 Å². The van der Waals surface area contributed by atoms with Crippen molar-refractivity contribution < 1.29 is 27.8 Å². The Labute approximate surface area is 191 Å². The van der Waals surface area contributed by atoms with Gasteiger partial charge in [0, 0.05) is 30.4 Å². The molecule has 0 amide bonds. The van der Waals surface area contributed by atoms with Crippen molar-refractivity contribution in [3.63, 3.8) is 0 Å². The van der Waals surface area contributed by atoms with Gasteiger partial charge in [0.05, 0.1) is 44.6 Å². The smallest absolute Gasteiger partial charge is 0.435 e. The standard InChI is InChI=1S/C23H21F3N4O4/c1-29-10-19(21(28-29)23(24,25)26)17-6-14(11-31)7-18-20(17)27-12-30(22(18)32)9-13-4-15(33-2)8-16(5-13)34-3/h4-8,10,12,31H,9,11H2,1-3H3. The van der Waals surface area contributed by atoms with Crippen LogP contribution in [0.15, 0.2) is 47.7 Å². The number of rotatable bonds is 6. The van der Waals surface area contributed by atoms with E-state index in [-0.39, 0.29) is 34.1 Å². The first-order valence-corrected chi connectivity index (χ1v) is 10.1. The molecule has 2 heterocycles. The van der Waals surface area contributed by atoms with E-state index in [4.69, 9.17) is 9.47 Å². The van der Waals surface area contributed by atoms with Crippen molar-refractivity contribution in [2.45, 2.75) is 19.3 Å². The van der Waals surface area contributed by atoms with Crippen LogP contribution in [0.1, 0.15) is 16.8 Å². The fourth-order valence-corrected chi connectivity index (χ4v) is 3.79. The molecule has 0 atom stereocenters. The highest BCUT2D eigenvalue weighted by Gasteiger charge is 2.38. The van der Waals surface area contributed by atoms with Gasteiger partial charge in [-0.05, 0) is 35.4 Å². The fourth-order valence-electron chi connectivity index (χ4n) is 3.79. The molecule has 0 radical (unpaired) electrons. The molecule has 0 bridgehead atoms. The maximum absolute atomic E-state index is 13.6. The van der Waals surface area contributed by atoms with E-state index in [9.17, 15) is 23.1 Å². The molecule has 4 rings (SSSR count). The van der Waals surface area contributed by atoms with Gasteiger partial charge in [-0.25, -0.2) is 4.98 Å². The lowest BCUT2D eigenvalue weighted by molar-refractivity contribution is -0.140. The zero-order valence-electron chi connectivity index (χ0n) is 18.6. The Morgan fingerprint density at radius 2 is 1.68 bits per heavy atom. The van der Waals surface area contributed by atoms with Crippen molar-refractivity contribution in [1.29, 1.82) is 0 Å². The van der Waals surface area contributed by atoms with E-state index >= 15 is 0 Å². The summed E-state index contributed by atoms with van der Waals surface area (Å²) in [6.07, 6.45) is -2.21. The lowest BCUT2D eigenvalue weighted by Crippen LogP contribution is -2.21. The molecule has 8 nitrogen and oxygen atoms in total. The summed E-state index contributed by atoms with van der Waals surface area (Å²) in [6.45, 7) is -0.347. The second-order valence-corrected chi connectivity index (χ2v) is 7.66. The van der Waals surface area contributed by atoms with Gasteiger partial charge in [0.1, 0.15) is 11.5 Å². The highest BCUT2D eigenvalue weighted by atomic mass is 19.4. The van der Waals surface area contributed by atoms with Crippen LogP contribution in [-0.4, -0.2) is 38.7 Å². The fraction of sp³-hybridized carbons (Fsp3) is 0.261. The summed E-state index contributed by atoms with van der Waals surface area (Å²) >= 11 is 0. The maximum atomic E-state index is 13.6. The van der Waals surface area contributed by atoms with E-state index in [2.05, 4.69) is 10.1 Å². The number of halogens is 3. The Balaban J connectivity index is 1.89. The number of aliphatic hydroxyl groups is 1. The predicted octanol–water partition coefficient (Wildman–Crippen LogP) is 3.37. The van der Waals surface area contributed by atoms with Crippen molar-refractivity contribution in [2.24, 2.45) is 7.05 Å². The van der Waals surface area contributed by atoms with E-state index in [1.54, 1.807) is 18.2 Å². The first-order chi connectivity index (χ1) is 16.1. The zero-order valence-corrected chi connectivity index (χ0v) is 18.6. The highest BCUT2D eigenvalue weighted by Crippen LogP contribution is 2.38. The molecule has 0 fully saturated rings. The third-order valence-corrected chi connectivity index (χ3v) is 5.32. The van der Waals surface area contributed by atoms with Gasteiger partial charge in [-0.15, -0.1) is 0 Å². The van der Waals surface area contributed by atoms with Crippen LogP contribution in [0.5, 0.6) is 11.5 Å². The van der Waals surface area contributed by atoms with Crippen LogP contribution in [0.25, 0.3) is 22.0 Å². The summed E-state index contributed by atoms with van der Waals surface area (Å²) in [5.41, 5.74) is -0.669. The Kier molecular flexibility index (Phi) is 6.05. The normalized spacial score (nSPS) is 11.7. The van der Waals surface area contributed by atoms with Crippen LogP contribution in [-0.2, 0) is 26.4 Å². The first kappa shape index (κ1) is 23.3. The predicted molar refractivity (Wildman–Crippen MR) is 118 cm³/mol. The molecular weight excluding hydrogens is 453 g/mol. The maximum Gasteiger partial charge on any atom is 0.435 e. The Morgan fingerprint density at radius 3 is 2.26 bits per heavy atom. The van der Waals surface area contributed by atoms with Gasteiger partial charge in [-0.1, -0.05) is 0 Å². The molecule has 0 aliphatic carbocycles. The molecule has 0 aliphatic rings. The average molecular weight is 474 g/mol. The molecule has 0 spiro atoms. The van der Waals surface area contributed by atoms with Gasteiger partial charge in [-0.2, -0.15) is 18.3 Å². The molecule has 11 heteroatoms. The number of hydrogen-bond acceptors (Lipinski definition) is 6. The lowest BCUT2D eigenvalue weighted by Gasteiger charge is -2.13. The monoisotopic (exact) mass is 474 g/mol. The van der Waals surface area contributed by atoms with Crippen molar-refractivity contribution in [1.82, 2.24) is 19.3 Å². The van der Waals surface area contributed by atoms with Crippen LogP contribution in [0.2, 0.25) is 0 Å². The Hall–Kier alpha value is -3.86. The molecule has 0 unspecified atom stereocenters. The third-order valence-electron chi connectivity index (χ3n) is 5.32. The van der Waals surface area contributed by atoms with Crippen molar-refractivity contribution in [2.75, 3.05) is 14.2 Å². The quantitative estimate of drug-likeness (QED) is 0.461. The highest BCUT2D eigenvalue weighted by molar-refractivity contribution is 5.94. The molecular formula is C23H21F3N4O4. The summed E-state index contributed by atoms with van der Waals surface area (Å²) < 4.78 is 53.7. The average Bonchev–Trinajstić information content (AvgIpc) is 3.22. The third kappa shape index (κ3) is 4.34. The molecule has 1 N–H and O–H groups in total. The first-order valence-electron chi connectivity index (χ1n) is 10.1. The summed E-state index contributed by atoms with van der Waals surface area (Å²) in [6, 6.07) is 7.98. The van der Waals surface area contributed by atoms with E-state index in [1.165, 1.54) is 50.5 Å². The van der Waals surface area contributed by atoms with Gasteiger partial charge in [-0.3, -0.25) is 14.0 Å². The number of aryl methyl sites for hydroxylation is 1. The number of aliphatic hydroxyl groups excluding tert-OH is 1. The lowest BCUT2D eigenvalue weighted by atomic mass is 9.99. The van der Waals surface area contributed by atoms with Crippen LogP contribution in [0.3, 0.4) is 0 Å². The van der Waals surface area contributed by atoms with Crippen molar-refractivity contribution in [3.05, 3.63) is 70.0 Å². The number of fused-ring (bicyclic) bond motifs is 1. The number of benzene rings is 2. The number of nitrogens with zero attached hydrogens (tertiary/aromatic N) is 4. The van der Waals surface area contributed by atoms with Gasteiger partial charge < -0.3 is 14.6 Å². The zero-order chi connectivity index (χ0) is 24.6. The van der Waals surface area contributed by atoms with Crippen LogP contribution in [0, 0.1) is 0 Å². The topological polar surface area (TPSA) is 91.4 Å². The van der Waals surface area contributed by atoms with Gasteiger partial charge >= 0.3 is 6.18 Å². The van der Waals surface area contributed by atoms with Gasteiger partial charge in [0.15, 0.2) is 5.69 Å². The molecule has 4 aromatic rings. The molecule has 0 aliphatic heterocycles. The Morgan fingerprint density at radius 1 is 1.00 bits per heavy atom. The Bertz CT molecular complexity index is 1400. The molecule has 2 aromatic carbocycles. The molecule has 34 heavy (non-hydrogen) atoms. The number of alkyl halides is 3. The van der Waals surface area contributed by atoms with E-state index in [0.29, 0.717) is 17.1 Å². The van der Waals surface area contributed by atoms with Crippen LogP contribution >= 0.6 is 0 Å². The summed E-state index contributed by atoms with van der Waals surface area (Å²) in [4.78, 5) is 17.6. The number of ether oxygens (including phenoxy) is 2. The minimum Gasteiger partial charge on any atom is -0.497 e. The minimum atomic E-state index is -4.71. The second-order valence-electron chi connectivity index (χ2n) is 7.66. The molecule has 178 valence electrons. The number of hydrogen-bond donors (Lipinski definition) is 1. The van der Waals surface area contributed by atoms with Gasteiger partial charge in [0.2, 0.25) is 0 Å². The minimum absolute atomic E-state index is 0.0641. The van der Waals surface area contributed by atoms with Crippen molar-refractivity contribution in [3.8, 4) is 22.6 Å².